The van der Waals surface area contributed by atoms with Gasteiger partial charge in [-0.25, -0.2) is 14.4 Å². The van der Waals surface area contributed by atoms with Gasteiger partial charge in [-0.15, -0.1) is 0 Å². The van der Waals surface area contributed by atoms with Crippen LogP contribution in [-0.2, 0) is 19.0 Å². The normalized spacial score (nSPS) is 34.2. The molecule has 1 unspecified atom stereocenters. The lowest BCUT2D eigenvalue weighted by Gasteiger charge is -2.74. The first-order valence-corrected chi connectivity index (χ1v) is 10.2. The second-order valence-electron chi connectivity index (χ2n) is 9.92. The summed E-state index contributed by atoms with van der Waals surface area (Å²) in [5.41, 5.74) is -0.937. The number of hydrogen-bond donors (Lipinski definition) is 0. The molecule has 3 amide bonds. The van der Waals surface area contributed by atoms with E-state index in [1.54, 1.807) is 4.90 Å². The van der Waals surface area contributed by atoms with Crippen LogP contribution in [0.4, 0.5) is 9.59 Å². The van der Waals surface area contributed by atoms with Gasteiger partial charge in [0, 0.05) is 44.2 Å². The smallest absolute Gasteiger partial charge is 0.410 e. The fourth-order valence-electron chi connectivity index (χ4n) is 5.67. The van der Waals surface area contributed by atoms with Crippen LogP contribution >= 0.6 is 0 Å². The largest absolute Gasteiger partial charge is 0.467 e. The van der Waals surface area contributed by atoms with E-state index in [1.165, 1.54) is 14.2 Å². The Morgan fingerprint density at radius 3 is 2.31 bits per heavy atom. The van der Waals surface area contributed by atoms with Crippen LogP contribution in [-0.4, -0.2) is 96.5 Å². The highest BCUT2D eigenvalue weighted by atomic mass is 16.6. The molecule has 9 nitrogen and oxygen atoms in total. The third-order valence-electron chi connectivity index (χ3n) is 6.83. The highest BCUT2D eigenvalue weighted by Crippen LogP contribution is 2.72. The van der Waals surface area contributed by atoms with E-state index < -0.39 is 11.7 Å². The molecule has 5 fully saturated rings. The zero-order valence-electron chi connectivity index (χ0n) is 17.9. The average Bonchev–Trinajstić information content (AvgIpc) is 2.90. The Balaban J connectivity index is 1.38. The molecule has 3 aliphatic carbocycles. The fraction of sp³-hybridized carbons (Fsp3) is 0.850. The van der Waals surface area contributed by atoms with E-state index in [4.69, 9.17) is 14.2 Å². The van der Waals surface area contributed by atoms with Gasteiger partial charge in [-0.3, -0.25) is 0 Å². The first-order chi connectivity index (χ1) is 13.5. The number of nitrogens with zero attached hydrogens (tertiary/aromatic N) is 3. The van der Waals surface area contributed by atoms with E-state index in [0.717, 1.165) is 19.3 Å². The molecular weight excluding hydrogens is 378 g/mol. The number of piperazine rings is 1. The van der Waals surface area contributed by atoms with Crippen molar-refractivity contribution < 1.29 is 28.6 Å². The predicted molar refractivity (Wildman–Crippen MR) is 102 cm³/mol. The lowest BCUT2D eigenvalue weighted by molar-refractivity contribution is -0.254. The molecule has 5 rings (SSSR count). The van der Waals surface area contributed by atoms with Crippen molar-refractivity contribution in [2.45, 2.75) is 63.3 Å². The Morgan fingerprint density at radius 2 is 1.76 bits per heavy atom. The van der Waals surface area contributed by atoms with Gasteiger partial charge in [0.25, 0.3) is 0 Å². The maximum Gasteiger partial charge on any atom is 0.410 e. The molecule has 2 heterocycles. The summed E-state index contributed by atoms with van der Waals surface area (Å²) in [4.78, 5) is 43.0. The molecule has 2 atom stereocenters. The molecule has 9 heteroatoms. The quantitative estimate of drug-likeness (QED) is 0.653. The molecule has 2 saturated heterocycles. The summed E-state index contributed by atoms with van der Waals surface area (Å²) in [7, 11) is 2.90. The molecule has 0 radical (unpaired) electrons. The number of esters is 1. The number of methoxy groups -OCH3 is 2. The standard InChI is InChI=1S/C20H31N3O6/c1-18(2,3)29-17(26)21-6-7-22-13(8-21)9-23(16(22)25)20-10-19(11-20,12-20)14(27-4)15(24)28-5/h13-14H,6-12H2,1-5H3/t13-,14?,19?,20?/m0/s1. The Kier molecular flexibility index (Phi) is 4.53. The summed E-state index contributed by atoms with van der Waals surface area (Å²) in [5, 5.41) is 0. The van der Waals surface area contributed by atoms with Gasteiger partial charge in [0.1, 0.15) is 5.60 Å². The molecular formula is C20H31N3O6. The summed E-state index contributed by atoms with van der Waals surface area (Å²) in [5.74, 6) is -0.348. The number of carbonyl (C=O) groups is 3. The summed E-state index contributed by atoms with van der Waals surface area (Å²) in [6.07, 6.45) is 1.38. The van der Waals surface area contributed by atoms with Crippen LogP contribution in [0.2, 0.25) is 0 Å². The molecule has 0 aromatic rings. The molecule has 2 aliphatic heterocycles. The van der Waals surface area contributed by atoms with E-state index >= 15 is 0 Å². The van der Waals surface area contributed by atoms with Gasteiger partial charge in [-0.2, -0.15) is 0 Å². The minimum atomic E-state index is -0.572. The van der Waals surface area contributed by atoms with Crippen LogP contribution in [0.25, 0.3) is 0 Å². The van der Waals surface area contributed by atoms with E-state index in [9.17, 15) is 14.4 Å². The monoisotopic (exact) mass is 409 g/mol. The van der Waals surface area contributed by atoms with Crippen molar-refractivity contribution in [3.63, 3.8) is 0 Å². The Labute approximate surface area is 171 Å². The van der Waals surface area contributed by atoms with Crippen molar-refractivity contribution in [3.8, 4) is 0 Å². The maximum atomic E-state index is 13.0. The number of urea groups is 1. The zero-order chi connectivity index (χ0) is 21.2. The van der Waals surface area contributed by atoms with Gasteiger partial charge in [-0.1, -0.05) is 0 Å². The van der Waals surface area contributed by atoms with Crippen LogP contribution < -0.4 is 0 Å². The van der Waals surface area contributed by atoms with E-state index in [1.807, 2.05) is 30.6 Å². The van der Waals surface area contributed by atoms with Crippen LogP contribution in [0.5, 0.6) is 0 Å². The molecule has 0 aromatic carbocycles. The second-order valence-corrected chi connectivity index (χ2v) is 9.92. The van der Waals surface area contributed by atoms with Crippen LogP contribution in [0.3, 0.4) is 0 Å². The Bertz CT molecular complexity index is 712. The van der Waals surface area contributed by atoms with E-state index in [2.05, 4.69) is 0 Å². The molecule has 2 bridgehead atoms. The number of fused-ring (bicyclic) bond motifs is 1. The van der Waals surface area contributed by atoms with Gasteiger partial charge in [0.2, 0.25) is 0 Å². The zero-order valence-corrected chi connectivity index (χ0v) is 17.9. The maximum absolute atomic E-state index is 13.0. The van der Waals surface area contributed by atoms with Crippen LogP contribution in [0, 0.1) is 5.41 Å². The van der Waals surface area contributed by atoms with Gasteiger partial charge in [0.15, 0.2) is 6.10 Å². The van der Waals surface area contributed by atoms with E-state index in [0.29, 0.717) is 26.2 Å². The molecule has 3 saturated carbocycles. The van der Waals surface area contributed by atoms with Crippen molar-refractivity contribution in [2.75, 3.05) is 40.4 Å². The molecule has 5 aliphatic rings. The SMILES string of the molecule is COC(=O)C(OC)C12CC(N3C[C@@H]4CN(C(=O)OC(C)(C)C)CCN4C3=O)(C1)C2. The summed E-state index contributed by atoms with van der Waals surface area (Å²) >= 11 is 0. The molecule has 29 heavy (non-hydrogen) atoms. The van der Waals surface area contributed by atoms with Crippen molar-refractivity contribution in [1.29, 1.82) is 0 Å². The van der Waals surface area contributed by atoms with Crippen molar-refractivity contribution in [1.82, 2.24) is 14.7 Å². The fourth-order valence-corrected chi connectivity index (χ4v) is 5.67. The van der Waals surface area contributed by atoms with Gasteiger partial charge in [0.05, 0.1) is 13.2 Å². The van der Waals surface area contributed by atoms with Gasteiger partial charge in [-0.05, 0) is 40.0 Å². The molecule has 0 spiro atoms. The lowest BCUT2D eigenvalue weighted by atomic mass is 9.37. The van der Waals surface area contributed by atoms with Gasteiger partial charge < -0.3 is 28.9 Å². The first-order valence-electron chi connectivity index (χ1n) is 10.2. The number of carbonyl (C=O) groups excluding carboxylic acids is 3. The summed E-state index contributed by atoms with van der Waals surface area (Å²) in [6, 6.07) is 0.0201. The average molecular weight is 409 g/mol. The lowest BCUT2D eigenvalue weighted by Crippen LogP contribution is -2.79. The number of rotatable bonds is 4. The van der Waals surface area contributed by atoms with Crippen molar-refractivity contribution >= 4 is 18.1 Å². The predicted octanol–water partition coefficient (Wildman–Crippen LogP) is 1.45. The topological polar surface area (TPSA) is 88.6 Å². The third kappa shape index (κ3) is 3.05. The van der Waals surface area contributed by atoms with Crippen molar-refractivity contribution in [2.24, 2.45) is 5.41 Å². The minimum Gasteiger partial charge on any atom is -0.467 e. The van der Waals surface area contributed by atoms with E-state index in [-0.39, 0.29) is 35.1 Å². The summed E-state index contributed by atoms with van der Waals surface area (Å²) < 4.78 is 15.8. The highest BCUT2D eigenvalue weighted by molar-refractivity contribution is 5.81. The minimum absolute atomic E-state index is 0.0208. The van der Waals surface area contributed by atoms with Crippen LogP contribution in [0.1, 0.15) is 40.0 Å². The molecule has 0 N–H and O–H groups in total. The summed E-state index contributed by atoms with van der Waals surface area (Å²) in [6.45, 7) is 7.64. The number of hydrogen-bond acceptors (Lipinski definition) is 6. The Morgan fingerprint density at radius 1 is 1.10 bits per heavy atom. The molecule has 162 valence electrons. The second kappa shape index (κ2) is 6.48. The Hall–Kier alpha value is -2.03. The number of amides is 3. The molecule has 0 aromatic heterocycles. The van der Waals surface area contributed by atoms with Gasteiger partial charge >= 0.3 is 18.1 Å². The number of ether oxygens (including phenoxy) is 3. The van der Waals surface area contributed by atoms with Crippen molar-refractivity contribution in [3.05, 3.63) is 0 Å². The first kappa shape index (κ1) is 20.3. The third-order valence-corrected chi connectivity index (χ3v) is 6.83. The highest BCUT2D eigenvalue weighted by Gasteiger charge is 2.76. The van der Waals surface area contributed by atoms with Crippen LogP contribution in [0.15, 0.2) is 0 Å².